The largest absolute Gasteiger partial charge is 0.458 e. The standard InChI is InChI=1S/C16H13BrN2O2/c1-2-11-8-9-12(21-11)15-18-14(13(17)16(20)19-15)10-6-4-3-5-7-10/h3-9H,2H2,1H3,(H,18,19,20). The Bertz CT molecular complexity index is 822. The first kappa shape index (κ1) is 13.8. The Morgan fingerprint density at radius 1 is 1.19 bits per heavy atom. The molecule has 0 atom stereocenters. The first-order chi connectivity index (χ1) is 10.2. The Morgan fingerprint density at radius 3 is 2.62 bits per heavy atom. The Morgan fingerprint density at radius 2 is 1.95 bits per heavy atom. The lowest BCUT2D eigenvalue weighted by Crippen LogP contribution is -2.11. The van der Waals surface area contributed by atoms with Crippen LogP contribution in [0.5, 0.6) is 0 Å². The van der Waals surface area contributed by atoms with E-state index in [2.05, 4.69) is 25.9 Å². The summed E-state index contributed by atoms with van der Waals surface area (Å²) in [6.45, 7) is 2.01. The third-order valence-corrected chi connectivity index (χ3v) is 3.89. The maximum Gasteiger partial charge on any atom is 0.266 e. The highest BCUT2D eigenvalue weighted by molar-refractivity contribution is 9.10. The van der Waals surface area contributed by atoms with Gasteiger partial charge in [-0.05, 0) is 28.1 Å². The molecule has 3 rings (SSSR count). The van der Waals surface area contributed by atoms with E-state index in [-0.39, 0.29) is 5.56 Å². The average Bonchev–Trinajstić information content (AvgIpc) is 3.00. The fraction of sp³-hybridized carbons (Fsp3) is 0.125. The van der Waals surface area contributed by atoms with Gasteiger partial charge in [-0.2, -0.15) is 0 Å². The Balaban J connectivity index is 2.16. The van der Waals surface area contributed by atoms with E-state index < -0.39 is 0 Å². The van der Waals surface area contributed by atoms with Crippen LogP contribution in [0.2, 0.25) is 0 Å². The molecule has 1 N–H and O–H groups in total. The lowest BCUT2D eigenvalue weighted by Gasteiger charge is -2.05. The number of benzene rings is 1. The van der Waals surface area contributed by atoms with Gasteiger partial charge in [-0.15, -0.1) is 0 Å². The zero-order chi connectivity index (χ0) is 14.8. The second-order valence-electron chi connectivity index (χ2n) is 4.56. The van der Waals surface area contributed by atoms with E-state index in [4.69, 9.17) is 4.42 Å². The van der Waals surface area contributed by atoms with E-state index in [0.717, 1.165) is 17.7 Å². The minimum absolute atomic E-state index is 0.228. The smallest absolute Gasteiger partial charge is 0.266 e. The molecule has 0 bridgehead atoms. The first-order valence-electron chi connectivity index (χ1n) is 6.63. The van der Waals surface area contributed by atoms with E-state index >= 15 is 0 Å². The maximum absolute atomic E-state index is 12.1. The third-order valence-electron chi connectivity index (χ3n) is 3.15. The molecule has 3 aromatic rings. The third kappa shape index (κ3) is 2.69. The van der Waals surface area contributed by atoms with Gasteiger partial charge in [-0.25, -0.2) is 4.98 Å². The molecule has 0 radical (unpaired) electrons. The average molecular weight is 345 g/mol. The summed E-state index contributed by atoms with van der Waals surface area (Å²) in [5.74, 6) is 1.85. The van der Waals surface area contributed by atoms with E-state index in [1.807, 2.05) is 49.4 Å². The van der Waals surface area contributed by atoms with Crippen LogP contribution >= 0.6 is 15.9 Å². The first-order valence-corrected chi connectivity index (χ1v) is 7.42. The summed E-state index contributed by atoms with van der Waals surface area (Å²) >= 11 is 3.31. The van der Waals surface area contributed by atoms with Crippen LogP contribution in [0.4, 0.5) is 0 Å². The van der Waals surface area contributed by atoms with Gasteiger partial charge in [0.05, 0.1) is 5.69 Å². The van der Waals surface area contributed by atoms with Crippen molar-refractivity contribution in [2.45, 2.75) is 13.3 Å². The molecule has 4 nitrogen and oxygen atoms in total. The van der Waals surface area contributed by atoms with Crippen LogP contribution in [0.15, 0.2) is 56.1 Å². The number of rotatable bonds is 3. The molecule has 106 valence electrons. The van der Waals surface area contributed by atoms with Crippen LogP contribution in [0, 0.1) is 0 Å². The van der Waals surface area contributed by atoms with Crippen LogP contribution in [0.25, 0.3) is 22.8 Å². The Hall–Kier alpha value is -2.14. The minimum Gasteiger partial charge on any atom is -0.458 e. The number of aromatic nitrogens is 2. The molecule has 21 heavy (non-hydrogen) atoms. The van der Waals surface area contributed by atoms with E-state index in [9.17, 15) is 4.79 Å². The number of nitrogens with zero attached hydrogens (tertiary/aromatic N) is 1. The zero-order valence-electron chi connectivity index (χ0n) is 11.4. The van der Waals surface area contributed by atoms with Gasteiger partial charge >= 0.3 is 0 Å². The molecule has 0 saturated carbocycles. The lowest BCUT2D eigenvalue weighted by atomic mass is 10.1. The molecule has 0 amide bonds. The molecule has 0 fully saturated rings. The number of hydrogen-bond acceptors (Lipinski definition) is 3. The van der Waals surface area contributed by atoms with Gasteiger partial charge in [0, 0.05) is 12.0 Å². The summed E-state index contributed by atoms with van der Waals surface area (Å²) < 4.78 is 6.07. The summed E-state index contributed by atoms with van der Waals surface area (Å²) in [6.07, 6.45) is 0.798. The molecule has 0 aliphatic heterocycles. The number of aryl methyl sites for hydroxylation is 1. The summed E-state index contributed by atoms with van der Waals surface area (Å²) in [6, 6.07) is 13.3. The zero-order valence-corrected chi connectivity index (χ0v) is 13.0. The Kier molecular flexibility index (Phi) is 3.75. The molecule has 0 unspecified atom stereocenters. The number of nitrogens with one attached hydrogen (secondary N) is 1. The van der Waals surface area contributed by atoms with Crippen molar-refractivity contribution in [2.24, 2.45) is 0 Å². The highest BCUT2D eigenvalue weighted by atomic mass is 79.9. The van der Waals surface area contributed by atoms with Gasteiger partial charge in [0.25, 0.3) is 5.56 Å². The van der Waals surface area contributed by atoms with Gasteiger partial charge in [0.1, 0.15) is 10.2 Å². The van der Waals surface area contributed by atoms with Crippen molar-refractivity contribution in [1.29, 1.82) is 0 Å². The second kappa shape index (κ2) is 5.69. The lowest BCUT2D eigenvalue weighted by molar-refractivity contribution is 0.525. The topological polar surface area (TPSA) is 58.9 Å². The Labute approximate surface area is 130 Å². The normalized spacial score (nSPS) is 10.8. The highest BCUT2D eigenvalue weighted by Crippen LogP contribution is 2.26. The fourth-order valence-electron chi connectivity index (χ4n) is 2.06. The van der Waals surface area contributed by atoms with Gasteiger partial charge in [0.2, 0.25) is 0 Å². The molecule has 1 aromatic carbocycles. The van der Waals surface area contributed by atoms with Crippen LogP contribution in [0.3, 0.4) is 0 Å². The monoisotopic (exact) mass is 344 g/mol. The molecule has 0 aliphatic carbocycles. The van der Waals surface area contributed by atoms with Crippen LogP contribution < -0.4 is 5.56 Å². The molecule has 2 heterocycles. The molecule has 0 aliphatic rings. The van der Waals surface area contributed by atoms with Crippen molar-refractivity contribution in [3.8, 4) is 22.8 Å². The second-order valence-corrected chi connectivity index (χ2v) is 5.36. The maximum atomic E-state index is 12.1. The summed E-state index contributed by atoms with van der Waals surface area (Å²) in [7, 11) is 0. The predicted molar refractivity (Wildman–Crippen MR) is 85.1 cm³/mol. The van der Waals surface area contributed by atoms with Gasteiger partial charge in [-0.3, -0.25) is 4.79 Å². The summed E-state index contributed by atoms with van der Waals surface area (Å²) in [5.41, 5.74) is 1.25. The quantitative estimate of drug-likeness (QED) is 0.780. The van der Waals surface area contributed by atoms with Gasteiger partial charge < -0.3 is 9.40 Å². The molecular formula is C16H13BrN2O2. The molecule has 5 heteroatoms. The molecule has 0 saturated heterocycles. The number of halogens is 1. The van der Waals surface area contributed by atoms with E-state index in [1.54, 1.807) is 0 Å². The van der Waals surface area contributed by atoms with E-state index in [1.165, 1.54) is 0 Å². The van der Waals surface area contributed by atoms with Crippen molar-refractivity contribution in [2.75, 3.05) is 0 Å². The van der Waals surface area contributed by atoms with Crippen LogP contribution in [-0.4, -0.2) is 9.97 Å². The molecular weight excluding hydrogens is 332 g/mol. The fourth-order valence-corrected chi connectivity index (χ4v) is 2.47. The number of aromatic amines is 1. The van der Waals surface area contributed by atoms with Gasteiger partial charge in [-0.1, -0.05) is 37.3 Å². The minimum atomic E-state index is -0.228. The number of hydrogen-bond donors (Lipinski definition) is 1. The SMILES string of the molecule is CCc1ccc(-c2nc(-c3ccccc3)c(Br)c(=O)[nH]2)o1. The molecule has 0 spiro atoms. The van der Waals surface area contributed by atoms with Crippen LogP contribution in [-0.2, 0) is 6.42 Å². The molecule has 2 aromatic heterocycles. The van der Waals surface area contributed by atoms with E-state index in [0.29, 0.717) is 21.8 Å². The summed E-state index contributed by atoms with van der Waals surface area (Å²) in [5, 5.41) is 0. The van der Waals surface area contributed by atoms with Crippen molar-refractivity contribution in [3.05, 3.63) is 63.1 Å². The van der Waals surface area contributed by atoms with Crippen molar-refractivity contribution in [1.82, 2.24) is 9.97 Å². The van der Waals surface area contributed by atoms with Crippen molar-refractivity contribution < 1.29 is 4.42 Å². The number of furan rings is 1. The van der Waals surface area contributed by atoms with Crippen LogP contribution in [0.1, 0.15) is 12.7 Å². The van der Waals surface area contributed by atoms with Gasteiger partial charge in [0.15, 0.2) is 11.6 Å². The highest BCUT2D eigenvalue weighted by Gasteiger charge is 2.14. The van der Waals surface area contributed by atoms with Crippen molar-refractivity contribution in [3.63, 3.8) is 0 Å². The van der Waals surface area contributed by atoms with Crippen molar-refractivity contribution >= 4 is 15.9 Å². The predicted octanol–water partition coefficient (Wildman–Crippen LogP) is 4.02. The summed E-state index contributed by atoms with van der Waals surface area (Å²) in [4.78, 5) is 19.4. The number of H-pyrrole nitrogens is 1.